The second kappa shape index (κ2) is 4.84. The van der Waals surface area contributed by atoms with Gasteiger partial charge in [0, 0.05) is 5.56 Å². The van der Waals surface area contributed by atoms with E-state index in [9.17, 15) is 14.7 Å². The molecule has 82 valence electrons. The minimum absolute atomic E-state index is 0.00845. The number of rotatable bonds is 2. The summed E-state index contributed by atoms with van der Waals surface area (Å²) >= 11 is 0. The van der Waals surface area contributed by atoms with Crippen molar-refractivity contribution >= 4 is 11.8 Å². The van der Waals surface area contributed by atoms with Gasteiger partial charge in [0.2, 0.25) is 5.91 Å². The summed E-state index contributed by atoms with van der Waals surface area (Å²) in [4.78, 5) is 21.3. The molecule has 0 saturated heterocycles. The monoisotopic (exact) mass is 218 g/mol. The molecule has 0 atom stereocenters. The summed E-state index contributed by atoms with van der Waals surface area (Å²) in [5.74, 6) is 3.69. The lowest BCUT2D eigenvalue weighted by atomic mass is 10.1. The third kappa shape index (κ3) is 3.03. The molecule has 2 amide bonds. The Labute approximate surface area is 92.1 Å². The van der Waals surface area contributed by atoms with Crippen LogP contribution in [0, 0.1) is 11.8 Å². The molecule has 1 rings (SSSR count). The first kappa shape index (κ1) is 11.6. The van der Waals surface area contributed by atoms with Crippen molar-refractivity contribution in [3.63, 3.8) is 0 Å². The molecule has 0 aliphatic heterocycles. The van der Waals surface area contributed by atoms with Gasteiger partial charge < -0.3 is 16.6 Å². The molecule has 0 aliphatic rings. The molecule has 5 N–H and O–H groups in total. The number of carbonyl (C=O) groups excluding carboxylic acids is 2. The van der Waals surface area contributed by atoms with Gasteiger partial charge in [0.15, 0.2) is 0 Å². The van der Waals surface area contributed by atoms with Gasteiger partial charge in [-0.15, -0.1) is 0 Å². The Morgan fingerprint density at radius 1 is 1.31 bits per heavy atom. The molecule has 5 heteroatoms. The van der Waals surface area contributed by atoms with Crippen LogP contribution in [0.5, 0.6) is 5.75 Å². The van der Waals surface area contributed by atoms with E-state index < -0.39 is 11.8 Å². The molecule has 0 aromatic heterocycles. The van der Waals surface area contributed by atoms with E-state index in [2.05, 4.69) is 11.8 Å². The smallest absolute Gasteiger partial charge is 0.252 e. The number of phenols is 1. The summed E-state index contributed by atoms with van der Waals surface area (Å²) in [5.41, 5.74) is 10.4. The Bertz CT molecular complexity index is 498. The molecule has 0 spiro atoms. The van der Waals surface area contributed by atoms with Gasteiger partial charge >= 0.3 is 0 Å². The highest BCUT2D eigenvalue weighted by Crippen LogP contribution is 2.17. The third-order valence-electron chi connectivity index (χ3n) is 1.76. The predicted octanol–water partition coefficient (Wildman–Crippen LogP) is -0.282. The van der Waals surface area contributed by atoms with Crippen molar-refractivity contribution in [1.29, 1.82) is 0 Å². The zero-order valence-electron chi connectivity index (χ0n) is 8.36. The van der Waals surface area contributed by atoms with Crippen molar-refractivity contribution in [3.8, 4) is 17.6 Å². The number of aromatic hydroxyl groups is 1. The maximum atomic E-state index is 10.9. The van der Waals surface area contributed by atoms with Crippen LogP contribution in [-0.4, -0.2) is 16.9 Å². The average molecular weight is 218 g/mol. The number of nitrogens with two attached hydrogens (primary N) is 2. The number of primary amides is 2. The molecule has 0 fully saturated rings. The number of hydrogen-bond acceptors (Lipinski definition) is 3. The molecule has 5 nitrogen and oxygen atoms in total. The highest BCUT2D eigenvalue weighted by molar-refractivity contribution is 5.95. The Kier molecular flexibility index (Phi) is 3.51. The normalized spacial score (nSPS) is 9.00. The van der Waals surface area contributed by atoms with Gasteiger partial charge in [-0.25, -0.2) is 0 Å². The van der Waals surface area contributed by atoms with E-state index in [1.807, 2.05) is 0 Å². The Morgan fingerprint density at radius 3 is 2.56 bits per heavy atom. The summed E-state index contributed by atoms with van der Waals surface area (Å²) in [6.07, 6.45) is -0.0627. The van der Waals surface area contributed by atoms with Crippen LogP contribution in [0.25, 0.3) is 0 Å². The number of amides is 2. The molecule has 0 heterocycles. The van der Waals surface area contributed by atoms with Gasteiger partial charge in [-0.2, -0.15) is 0 Å². The quantitative estimate of drug-likeness (QED) is 0.594. The van der Waals surface area contributed by atoms with Gasteiger partial charge in [-0.3, -0.25) is 9.59 Å². The van der Waals surface area contributed by atoms with E-state index in [4.69, 9.17) is 11.5 Å². The SMILES string of the molecule is NC(=O)CC#Cc1ccc(O)c(C(N)=O)c1. The van der Waals surface area contributed by atoms with Crippen LogP contribution in [0.1, 0.15) is 22.3 Å². The van der Waals surface area contributed by atoms with Crippen LogP contribution in [0.15, 0.2) is 18.2 Å². The molecule has 0 unspecified atom stereocenters. The molecule has 0 saturated carbocycles. The minimum Gasteiger partial charge on any atom is -0.507 e. The zero-order valence-corrected chi connectivity index (χ0v) is 8.36. The lowest BCUT2D eigenvalue weighted by molar-refractivity contribution is -0.117. The van der Waals surface area contributed by atoms with E-state index >= 15 is 0 Å². The predicted molar refractivity (Wildman–Crippen MR) is 57.3 cm³/mol. The molecular formula is C11H10N2O3. The molecule has 0 radical (unpaired) electrons. The Morgan fingerprint density at radius 2 is 2.00 bits per heavy atom. The van der Waals surface area contributed by atoms with Crippen LogP contribution in [0.4, 0.5) is 0 Å². The molecule has 0 bridgehead atoms. The van der Waals surface area contributed by atoms with Crippen LogP contribution in [0.3, 0.4) is 0 Å². The fourth-order valence-corrected chi connectivity index (χ4v) is 1.04. The van der Waals surface area contributed by atoms with Crippen LogP contribution in [0.2, 0.25) is 0 Å². The van der Waals surface area contributed by atoms with Gasteiger partial charge in [0.05, 0.1) is 12.0 Å². The topological polar surface area (TPSA) is 106 Å². The number of carbonyl (C=O) groups is 2. The molecule has 1 aromatic carbocycles. The third-order valence-corrected chi connectivity index (χ3v) is 1.76. The fraction of sp³-hybridized carbons (Fsp3) is 0.0909. The van der Waals surface area contributed by atoms with E-state index in [0.717, 1.165) is 0 Å². The maximum absolute atomic E-state index is 10.9. The summed E-state index contributed by atoms with van der Waals surface area (Å²) < 4.78 is 0. The van der Waals surface area contributed by atoms with E-state index in [1.165, 1.54) is 18.2 Å². The van der Waals surface area contributed by atoms with Gasteiger partial charge in [0.25, 0.3) is 5.91 Å². The van der Waals surface area contributed by atoms with Crippen molar-refractivity contribution < 1.29 is 14.7 Å². The van der Waals surface area contributed by atoms with Crippen molar-refractivity contribution in [2.75, 3.05) is 0 Å². The molecule has 0 aliphatic carbocycles. The highest BCUT2D eigenvalue weighted by Gasteiger charge is 2.06. The standard InChI is InChI=1S/C11H10N2O3/c12-10(15)3-1-2-7-4-5-9(14)8(6-7)11(13)16/h4-6,14H,3H2,(H2,12,15)(H2,13,16). The molecule has 1 aromatic rings. The fourth-order valence-electron chi connectivity index (χ4n) is 1.04. The lowest BCUT2D eigenvalue weighted by Gasteiger charge is -1.99. The maximum Gasteiger partial charge on any atom is 0.252 e. The average Bonchev–Trinajstić information content (AvgIpc) is 2.19. The van der Waals surface area contributed by atoms with E-state index in [0.29, 0.717) is 5.56 Å². The number of hydrogen-bond donors (Lipinski definition) is 3. The van der Waals surface area contributed by atoms with Crippen LogP contribution >= 0.6 is 0 Å². The first-order valence-electron chi connectivity index (χ1n) is 4.40. The Hall–Kier alpha value is -2.48. The van der Waals surface area contributed by atoms with Crippen LogP contribution in [-0.2, 0) is 4.79 Å². The minimum atomic E-state index is -0.740. The summed E-state index contributed by atoms with van der Waals surface area (Å²) in [5, 5.41) is 9.30. The van der Waals surface area contributed by atoms with Crippen molar-refractivity contribution in [2.24, 2.45) is 11.5 Å². The zero-order chi connectivity index (χ0) is 12.1. The van der Waals surface area contributed by atoms with Crippen molar-refractivity contribution in [1.82, 2.24) is 0 Å². The van der Waals surface area contributed by atoms with Crippen molar-refractivity contribution in [3.05, 3.63) is 29.3 Å². The largest absolute Gasteiger partial charge is 0.507 e. The molecular weight excluding hydrogens is 208 g/mol. The summed E-state index contributed by atoms with van der Waals surface area (Å²) in [6.45, 7) is 0. The first-order chi connectivity index (χ1) is 7.50. The van der Waals surface area contributed by atoms with Gasteiger partial charge in [-0.1, -0.05) is 11.8 Å². The highest BCUT2D eigenvalue weighted by atomic mass is 16.3. The Balaban J connectivity index is 2.98. The van der Waals surface area contributed by atoms with Gasteiger partial charge in [0.1, 0.15) is 5.75 Å². The second-order valence-corrected chi connectivity index (χ2v) is 3.04. The van der Waals surface area contributed by atoms with Gasteiger partial charge in [-0.05, 0) is 18.2 Å². The van der Waals surface area contributed by atoms with Crippen molar-refractivity contribution in [2.45, 2.75) is 6.42 Å². The second-order valence-electron chi connectivity index (χ2n) is 3.04. The summed E-state index contributed by atoms with van der Waals surface area (Å²) in [7, 11) is 0. The van der Waals surface area contributed by atoms with E-state index in [-0.39, 0.29) is 17.7 Å². The van der Waals surface area contributed by atoms with E-state index in [1.54, 1.807) is 0 Å². The number of benzene rings is 1. The molecule has 16 heavy (non-hydrogen) atoms. The first-order valence-corrected chi connectivity index (χ1v) is 4.40. The summed E-state index contributed by atoms with van der Waals surface area (Å²) in [6, 6.07) is 4.18. The van der Waals surface area contributed by atoms with Crippen LogP contribution < -0.4 is 11.5 Å². The lowest BCUT2D eigenvalue weighted by Crippen LogP contribution is -2.11.